The van der Waals surface area contributed by atoms with Crippen molar-refractivity contribution in [2.24, 2.45) is 0 Å². The van der Waals surface area contributed by atoms with Crippen molar-refractivity contribution >= 4 is 21.5 Å². The molecule has 0 amide bonds. The van der Waals surface area contributed by atoms with E-state index in [2.05, 4.69) is 137 Å². The summed E-state index contributed by atoms with van der Waals surface area (Å²) in [6, 6.07) is 36.6. The van der Waals surface area contributed by atoms with Gasteiger partial charge in [-0.2, -0.15) is 0 Å². The lowest BCUT2D eigenvalue weighted by Gasteiger charge is -2.28. The number of benzene rings is 6. The maximum absolute atomic E-state index is 2.48. The van der Waals surface area contributed by atoms with Gasteiger partial charge in [0.25, 0.3) is 0 Å². The summed E-state index contributed by atoms with van der Waals surface area (Å²) in [6.07, 6.45) is 7.77. The summed E-state index contributed by atoms with van der Waals surface area (Å²) in [7, 11) is 0. The number of hydrogen-bond acceptors (Lipinski definition) is 0. The largest absolute Gasteiger partial charge is 0.0802 e. The van der Waals surface area contributed by atoms with Crippen LogP contribution in [0.2, 0.25) is 0 Å². The van der Waals surface area contributed by atoms with Crippen LogP contribution < -0.4 is 0 Å². The molecule has 0 saturated carbocycles. The van der Waals surface area contributed by atoms with Crippen LogP contribution >= 0.6 is 0 Å². The van der Waals surface area contributed by atoms with Gasteiger partial charge in [-0.3, -0.25) is 0 Å². The fourth-order valence-electron chi connectivity index (χ4n) is 8.01. The molecule has 2 aliphatic rings. The lowest BCUT2D eigenvalue weighted by Crippen LogP contribution is -2.08. The highest BCUT2D eigenvalue weighted by molar-refractivity contribution is 6.12. The third kappa shape index (κ3) is 4.04. The Morgan fingerprint density at radius 2 is 0.930 bits per heavy atom. The smallest absolute Gasteiger partial charge is 0.00135 e. The SMILES string of the molecule is Cc1cccc(C)c1-c1cc2ccccc2c2c1CC1=C(CC=C1)Cc1c(-c3c(C)cccc3C)cc3ccccc3c1-2. The highest BCUT2D eigenvalue weighted by Gasteiger charge is 2.28. The molecule has 0 saturated heterocycles. The first-order valence-electron chi connectivity index (χ1n) is 15.6. The molecule has 0 fully saturated rings. The molecular weight excluding hydrogens is 516 g/mol. The Labute approximate surface area is 255 Å². The first kappa shape index (κ1) is 26.0. The van der Waals surface area contributed by atoms with Gasteiger partial charge in [-0.05, 0) is 153 Å². The van der Waals surface area contributed by atoms with Crippen LogP contribution in [0.4, 0.5) is 0 Å². The Hall–Kier alpha value is -4.68. The van der Waals surface area contributed by atoms with E-state index < -0.39 is 0 Å². The molecule has 8 rings (SSSR count). The quantitative estimate of drug-likeness (QED) is 0.200. The topological polar surface area (TPSA) is 0 Å². The van der Waals surface area contributed by atoms with Gasteiger partial charge in [0.15, 0.2) is 0 Å². The van der Waals surface area contributed by atoms with Crippen LogP contribution in [0.25, 0.3) is 54.9 Å². The van der Waals surface area contributed by atoms with Gasteiger partial charge in [-0.25, -0.2) is 0 Å². The van der Waals surface area contributed by atoms with Crippen LogP contribution in [0.1, 0.15) is 39.8 Å². The van der Waals surface area contributed by atoms with Gasteiger partial charge in [-0.1, -0.05) is 103 Å². The lowest BCUT2D eigenvalue weighted by atomic mass is 9.75. The first-order chi connectivity index (χ1) is 21.0. The van der Waals surface area contributed by atoms with Crippen molar-refractivity contribution in [3.8, 4) is 33.4 Å². The Balaban J connectivity index is 1.63. The van der Waals surface area contributed by atoms with Crippen LogP contribution in [0.5, 0.6) is 0 Å². The summed E-state index contributed by atoms with van der Waals surface area (Å²) in [6.45, 7) is 9.10. The van der Waals surface area contributed by atoms with Crippen LogP contribution in [0.15, 0.2) is 120 Å². The van der Waals surface area contributed by atoms with E-state index in [0.717, 1.165) is 19.3 Å². The van der Waals surface area contributed by atoms with Gasteiger partial charge in [0.2, 0.25) is 0 Å². The van der Waals surface area contributed by atoms with Crippen molar-refractivity contribution in [1.82, 2.24) is 0 Å². The fraction of sp³-hybridized carbons (Fsp3) is 0.163. The average molecular weight is 553 g/mol. The maximum atomic E-state index is 2.48. The van der Waals surface area contributed by atoms with Gasteiger partial charge in [0.05, 0.1) is 0 Å². The van der Waals surface area contributed by atoms with Crippen molar-refractivity contribution in [3.05, 3.63) is 154 Å². The second-order valence-electron chi connectivity index (χ2n) is 12.6. The second-order valence-corrected chi connectivity index (χ2v) is 12.6. The zero-order valence-corrected chi connectivity index (χ0v) is 25.5. The number of allylic oxidation sites excluding steroid dienone is 4. The average Bonchev–Trinajstić information content (AvgIpc) is 3.42. The van der Waals surface area contributed by atoms with Gasteiger partial charge < -0.3 is 0 Å². The number of aryl methyl sites for hydroxylation is 4. The van der Waals surface area contributed by atoms with E-state index in [1.54, 1.807) is 5.57 Å². The molecule has 0 nitrogen and oxygen atoms in total. The van der Waals surface area contributed by atoms with E-state index in [1.165, 1.54) is 93.9 Å². The van der Waals surface area contributed by atoms with Gasteiger partial charge >= 0.3 is 0 Å². The molecule has 0 spiro atoms. The maximum Gasteiger partial charge on any atom is -0.00135 e. The Morgan fingerprint density at radius 1 is 0.465 bits per heavy atom. The third-order valence-corrected chi connectivity index (χ3v) is 9.96. The van der Waals surface area contributed by atoms with E-state index in [-0.39, 0.29) is 0 Å². The van der Waals surface area contributed by atoms with Gasteiger partial charge in [0, 0.05) is 0 Å². The molecule has 0 aromatic heterocycles. The molecule has 6 aromatic carbocycles. The molecule has 0 aliphatic heterocycles. The Bertz CT molecular complexity index is 2140. The summed E-state index contributed by atoms with van der Waals surface area (Å²) < 4.78 is 0. The summed E-state index contributed by atoms with van der Waals surface area (Å²) >= 11 is 0. The van der Waals surface area contributed by atoms with E-state index >= 15 is 0 Å². The Kier molecular flexibility index (Phi) is 6.02. The van der Waals surface area contributed by atoms with E-state index in [4.69, 9.17) is 0 Å². The van der Waals surface area contributed by atoms with Crippen LogP contribution in [-0.4, -0.2) is 0 Å². The molecule has 43 heavy (non-hydrogen) atoms. The monoisotopic (exact) mass is 552 g/mol. The number of fused-ring (bicyclic) bond motifs is 7. The van der Waals surface area contributed by atoms with Crippen molar-refractivity contribution < 1.29 is 0 Å². The van der Waals surface area contributed by atoms with Crippen LogP contribution in [0, 0.1) is 27.7 Å². The molecule has 208 valence electrons. The normalized spacial score (nSPS) is 14.0. The van der Waals surface area contributed by atoms with Crippen LogP contribution in [-0.2, 0) is 12.8 Å². The Morgan fingerprint density at radius 3 is 1.44 bits per heavy atom. The molecule has 6 aromatic rings. The van der Waals surface area contributed by atoms with Crippen molar-refractivity contribution in [2.75, 3.05) is 0 Å². The summed E-state index contributed by atoms with van der Waals surface area (Å²) in [5, 5.41) is 5.32. The predicted octanol–water partition coefficient (Wildman–Crippen LogP) is 11.6. The van der Waals surface area contributed by atoms with Gasteiger partial charge in [-0.15, -0.1) is 0 Å². The summed E-state index contributed by atoms with van der Waals surface area (Å²) in [4.78, 5) is 0. The van der Waals surface area contributed by atoms with Crippen LogP contribution in [0.3, 0.4) is 0 Å². The minimum Gasteiger partial charge on any atom is -0.0802 e. The van der Waals surface area contributed by atoms with Crippen molar-refractivity contribution in [1.29, 1.82) is 0 Å². The molecule has 0 heterocycles. The molecule has 0 unspecified atom stereocenters. The second kappa shape index (κ2) is 9.96. The molecule has 0 bridgehead atoms. The zero-order chi connectivity index (χ0) is 29.2. The van der Waals surface area contributed by atoms with Crippen molar-refractivity contribution in [2.45, 2.75) is 47.0 Å². The molecule has 2 aliphatic carbocycles. The van der Waals surface area contributed by atoms with E-state index in [1.807, 2.05) is 0 Å². The van der Waals surface area contributed by atoms with Gasteiger partial charge in [0.1, 0.15) is 0 Å². The standard InChI is InChI=1S/C43H36/c1-26-12-9-13-27(2)40(26)36-24-32-16-5-7-20-34(32)42-38(36)22-30-18-11-19-31(30)23-39-37(41-28(3)14-10-15-29(41)4)25-33-17-6-8-21-35(33)43(39)42/h5-18,20-21,24-25H,19,22-23H2,1-4H3. The summed E-state index contributed by atoms with van der Waals surface area (Å²) in [5.41, 5.74) is 19.7. The minimum absolute atomic E-state index is 0.955. The van der Waals surface area contributed by atoms with E-state index in [0.29, 0.717) is 0 Å². The van der Waals surface area contributed by atoms with E-state index in [9.17, 15) is 0 Å². The number of hydrogen-bond donors (Lipinski definition) is 0. The molecule has 0 heteroatoms. The minimum atomic E-state index is 0.955. The highest BCUT2D eigenvalue weighted by Crippen LogP contribution is 2.50. The third-order valence-electron chi connectivity index (χ3n) is 9.96. The molecule has 0 N–H and O–H groups in total. The lowest BCUT2D eigenvalue weighted by molar-refractivity contribution is 1.03. The first-order valence-corrected chi connectivity index (χ1v) is 15.6. The zero-order valence-electron chi connectivity index (χ0n) is 25.5. The summed E-state index contributed by atoms with van der Waals surface area (Å²) in [5.74, 6) is 0. The molecular formula is C43H36. The molecule has 0 radical (unpaired) electrons. The number of rotatable bonds is 2. The molecule has 0 atom stereocenters. The highest BCUT2D eigenvalue weighted by atomic mass is 14.3. The van der Waals surface area contributed by atoms with Crippen molar-refractivity contribution in [3.63, 3.8) is 0 Å². The predicted molar refractivity (Wildman–Crippen MR) is 185 cm³/mol. The fourth-order valence-corrected chi connectivity index (χ4v) is 8.01.